The molecule has 1 aliphatic carbocycles. The lowest BCUT2D eigenvalue weighted by atomic mass is 9.95. The molecule has 1 aliphatic rings. The van der Waals surface area contributed by atoms with Crippen molar-refractivity contribution in [2.45, 2.75) is 69.0 Å². The Bertz CT molecular complexity index is 856. The van der Waals surface area contributed by atoms with Crippen LogP contribution in [-0.4, -0.2) is 34.6 Å². The Kier molecular flexibility index (Phi) is 9.29. The molecule has 0 bridgehead atoms. The first-order valence-electron chi connectivity index (χ1n) is 11.1. The van der Waals surface area contributed by atoms with E-state index >= 15 is 0 Å². The first-order chi connectivity index (χ1) is 15.0. The molecule has 1 fully saturated rings. The number of amides is 2. The van der Waals surface area contributed by atoms with E-state index in [9.17, 15) is 9.59 Å². The van der Waals surface area contributed by atoms with Gasteiger partial charge in [-0.05, 0) is 43.5 Å². The number of nitrogens with one attached hydrogen (secondary N) is 1. The molecule has 0 aromatic heterocycles. The van der Waals surface area contributed by atoms with E-state index in [0.717, 1.165) is 36.1 Å². The van der Waals surface area contributed by atoms with Gasteiger partial charge < -0.3 is 10.2 Å². The number of benzene rings is 2. The lowest BCUT2D eigenvalue weighted by Gasteiger charge is -2.31. The van der Waals surface area contributed by atoms with Gasteiger partial charge in [0, 0.05) is 34.7 Å². The fourth-order valence-electron chi connectivity index (χ4n) is 3.88. The van der Waals surface area contributed by atoms with E-state index in [4.69, 9.17) is 11.6 Å². The molecular weight excluding hydrogens is 428 g/mol. The van der Waals surface area contributed by atoms with Crippen LogP contribution < -0.4 is 5.32 Å². The Hall–Kier alpha value is -1.98. The fourth-order valence-corrected chi connectivity index (χ4v) is 4.94. The molecule has 0 heterocycles. The van der Waals surface area contributed by atoms with Gasteiger partial charge in [-0.15, -0.1) is 11.8 Å². The molecule has 0 spiro atoms. The molecule has 0 aliphatic heterocycles. The summed E-state index contributed by atoms with van der Waals surface area (Å²) in [6.45, 7) is 2.14. The third-order valence-corrected chi connectivity index (χ3v) is 7.13. The average molecular weight is 459 g/mol. The predicted octanol–water partition coefficient (Wildman–Crippen LogP) is 5.69. The first-order valence-corrected chi connectivity index (χ1v) is 12.4. The van der Waals surface area contributed by atoms with Gasteiger partial charge in [-0.3, -0.25) is 9.59 Å². The Labute approximate surface area is 194 Å². The number of halogens is 1. The average Bonchev–Trinajstić information content (AvgIpc) is 2.79. The molecule has 6 heteroatoms. The van der Waals surface area contributed by atoms with Crippen molar-refractivity contribution < 1.29 is 9.59 Å². The lowest BCUT2D eigenvalue weighted by Crippen LogP contribution is -2.50. The quantitative estimate of drug-likeness (QED) is 0.491. The van der Waals surface area contributed by atoms with Crippen molar-refractivity contribution in [3.05, 3.63) is 65.2 Å². The molecule has 3 rings (SSSR count). The minimum Gasteiger partial charge on any atom is -0.352 e. The molecule has 2 aromatic carbocycles. The van der Waals surface area contributed by atoms with Gasteiger partial charge in [-0.1, -0.05) is 67.3 Å². The van der Waals surface area contributed by atoms with Crippen molar-refractivity contribution in [1.29, 1.82) is 0 Å². The zero-order valence-corrected chi connectivity index (χ0v) is 19.6. The van der Waals surface area contributed by atoms with Crippen LogP contribution >= 0.6 is 23.4 Å². The molecule has 1 saturated carbocycles. The number of nitrogens with zero attached hydrogens (tertiary/aromatic N) is 1. The van der Waals surface area contributed by atoms with E-state index in [2.05, 4.69) is 5.32 Å². The second-order valence-electron chi connectivity index (χ2n) is 8.04. The SMILES string of the molecule is C[C@H](C(=O)NC1CCCCC1)N(Cc1ccccc1Cl)C(=O)CCSc1ccccc1. The van der Waals surface area contributed by atoms with Crippen molar-refractivity contribution in [3.63, 3.8) is 0 Å². The number of thioether (sulfide) groups is 1. The van der Waals surface area contributed by atoms with Crippen molar-refractivity contribution in [2.24, 2.45) is 0 Å². The molecule has 1 atom stereocenters. The molecular formula is C25H31ClN2O2S. The van der Waals surface area contributed by atoms with E-state index in [1.807, 2.05) is 61.5 Å². The van der Waals surface area contributed by atoms with E-state index in [1.165, 1.54) is 6.42 Å². The number of hydrogen-bond acceptors (Lipinski definition) is 3. The van der Waals surface area contributed by atoms with Crippen molar-refractivity contribution in [1.82, 2.24) is 10.2 Å². The Morgan fingerprint density at radius 2 is 1.74 bits per heavy atom. The second-order valence-corrected chi connectivity index (χ2v) is 9.62. The Balaban J connectivity index is 1.66. The van der Waals surface area contributed by atoms with Gasteiger partial charge in [0.25, 0.3) is 0 Å². The van der Waals surface area contributed by atoms with Gasteiger partial charge in [-0.2, -0.15) is 0 Å². The van der Waals surface area contributed by atoms with Crippen LogP contribution in [0.25, 0.3) is 0 Å². The third kappa shape index (κ3) is 7.29. The third-order valence-electron chi connectivity index (χ3n) is 5.75. The molecule has 31 heavy (non-hydrogen) atoms. The summed E-state index contributed by atoms with van der Waals surface area (Å²) in [7, 11) is 0. The van der Waals surface area contributed by atoms with Gasteiger partial charge in [0.15, 0.2) is 0 Å². The Morgan fingerprint density at radius 1 is 1.06 bits per heavy atom. The summed E-state index contributed by atoms with van der Waals surface area (Å²) >= 11 is 8.00. The largest absolute Gasteiger partial charge is 0.352 e. The number of carbonyl (C=O) groups is 2. The van der Waals surface area contributed by atoms with Crippen LogP contribution in [0.2, 0.25) is 5.02 Å². The summed E-state index contributed by atoms with van der Waals surface area (Å²) in [5.74, 6) is 0.552. The molecule has 4 nitrogen and oxygen atoms in total. The molecule has 0 radical (unpaired) electrons. The number of rotatable bonds is 9. The van der Waals surface area contributed by atoms with Gasteiger partial charge in [-0.25, -0.2) is 0 Å². The maximum atomic E-state index is 13.2. The summed E-state index contributed by atoms with van der Waals surface area (Å²) in [4.78, 5) is 29.0. The van der Waals surface area contributed by atoms with E-state index < -0.39 is 6.04 Å². The smallest absolute Gasteiger partial charge is 0.242 e. The van der Waals surface area contributed by atoms with Gasteiger partial charge in [0.2, 0.25) is 11.8 Å². The van der Waals surface area contributed by atoms with Crippen LogP contribution in [0.4, 0.5) is 0 Å². The van der Waals surface area contributed by atoms with E-state index in [1.54, 1.807) is 16.7 Å². The topological polar surface area (TPSA) is 49.4 Å². The van der Waals surface area contributed by atoms with Gasteiger partial charge in [0.1, 0.15) is 6.04 Å². The minimum absolute atomic E-state index is 0.0327. The van der Waals surface area contributed by atoms with Gasteiger partial charge in [0.05, 0.1) is 0 Å². The Morgan fingerprint density at radius 3 is 2.45 bits per heavy atom. The normalized spacial score (nSPS) is 15.3. The van der Waals surface area contributed by atoms with Crippen molar-refractivity contribution in [2.75, 3.05) is 5.75 Å². The lowest BCUT2D eigenvalue weighted by molar-refractivity contribution is -0.140. The van der Waals surface area contributed by atoms with Crippen LogP contribution in [-0.2, 0) is 16.1 Å². The van der Waals surface area contributed by atoms with E-state index in [0.29, 0.717) is 23.7 Å². The van der Waals surface area contributed by atoms with Crippen LogP contribution in [0.15, 0.2) is 59.5 Å². The van der Waals surface area contributed by atoms with Crippen LogP contribution in [0, 0.1) is 0 Å². The molecule has 1 N–H and O–H groups in total. The standard InChI is InChI=1S/C25H31ClN2O2S/c1-19(25(30)27-21-11-4-2-5-12-21)28(18-20-10-8-9-15-23(20)26)24(29)16-17-31-22-13-6-3-7-14-22/h3,6-10,13-15,19,21H,2,4-5,11-12,16-18H2,1H3,(H,27,30)/t19-/m1/s1. The minimum atomic E-state index is -0.549. The molecule has 2 amide bonds. The van der Waals surface area contributed by atoms with Gasteiger partial charge >= 0.3 is 0 Å². The first kappa shape index (κ1) is 23.7. The van der Waals surface area contributed by atoms with E-state index in [-0.39, 0.29) is 17.9 Å². The zero-order chi connectivity index (χ0) is 22.1. The molecule has 0 saturated heterocycles. The maximum absolute atomic E-state index is 13.2. The number of carbonyl (C=O) groups excluding carboxylic acids is 2. The maximum Gasteiger partial charge on any atom is 0.242 e. The second kappa shape index (κ2) is 12.2. The highest BCUT2D eigenvalue weighted by molar-refractivity contribution is 7.99. The summed E-state index contributed by atoms with van der Waals surface area (Å²) in [6, 6.07) is 17.2. The molecule has 0 unspecified atom stereocenters. The van der Waals surface area contributed by atoms with Crippen LogP contribution in [0.1, 0.15) is 51.0 Å². The van der Waals surface area contributed by atoms with Crippen LogP contribution in [0.5, 0.6) is 0 Å². The van der Waals surface area contributed by atoms with Crippen molar-refractivity contribution in [3.8, 4) is 0 Å². The highest BCUT2D eigenvalue weighted by Crippen LogP contribution is 2.22. The van der Waals surface area contributed by atoms with Crippen LogP contribution in [0.3, 0.4) is 0 Å². The summed E-state index contributed by atoms with van der Waals surface area (Å²) in [5.41, 5.74) is 0.852. The predicted molar refractivity (Wildman–Crippen MR) is 128 cm³/mol. The number of hydrogen-bond donors (Lipinski definition) is 1. The highest BCUT2D eigenvalue weighted by atomic mass is 35.5. The monoisotopic (exact) mass is 458 g/mol. The molecule has 166 valence electrons. The fraction of sp³-hybridized carbons (Fsp3) is 0.440. The zero-order valence-electron chi connectivity index (χ0n) is 18.1. The summed E-state index contributed by atoms with van der Waals surface area (Å²) in [6.07, 6.45) is 5.94. The highest BCUT2D eigenvalue weighted by Gasteiger charge is 2.28. The van der Waals surface area contributed by atoms with Crippen molar-refractivity contribution >= 4 is 35.2 Å². The summed E-state index contributed by atoms with van der Waals surface area (Å²) < 4.78 is 0. The molecule has 2 aromatic rings. The summed E-state index contributed by atoms with van der Waals surface area (Å²) in [5, 5.41) is 3.78.